The molecule has 0 aliphatic rings. The van der Waals surface area contributed by atoms with Crippen LogP contribution in [0.2, 0.25) is 5.02 Å². The molecule has 2 heterocycles. The van der Waals surface area contributed by atoms with Gasteiger partial charge >= 0.3 is 0 Å². The average Bonchev–Trinajstić information content (AvgIpc) is 2.92. The number of hydrogen-bond acceptors (Lipinski definition) is 3. The summed E-state index contributed by atoms with van der Waals surface area (Å²) >= 11 is 6.03. The number of nitrogens with zero attached hydrogens (tertiary/aromatic N) is 2. The highest BCUT2D eigenvalue weighted by atomic mass is 35.5. The lowest BCUT2D eigenvalue weighted by molar-refractivity contribution is 0.102. The summed E-state index contributed by atoms with van der Waals surface area (Å²) < 4.78 is 7.09. The zero-order valence-electron chi connectivity index (χ0n) is 13.8. The highest BCUT2D eigenvalue weighted by Crippen LogP contribution is 2.28. The molecular formula is C18H18ClN3O2. The van der Waals surface area contributed by atoms with Gasteiger partial charge in [-0.05, 0) is 49.2 Å². The Morgan fingerprint density at radius 1 is 1.33 bits per heavy atom. The Balaban J connectivity index is 2.04. The minimum Gasteiger partial charge on any atom is -0.495 e. The normalized spacial score (nSPS) is 10.8. The highest BCUT2D eigenvalue weighted by molar-refractivity contribution is 6.31. The number of amides is 1. The van der Waals surface area contributed by atoms with E-state index >= 15 is 0 Å². The van der Waals surface area contributed by atoms with Gasteiger partial charge in [-0.2, -0.15) is 0 Å². The lowest BCUT2D eigenvalue weighted by Gasteiger charge is -2.11. The van der Waals surface area contributed by atoms with Crippen molar-refractivity contribution in [1.82, 2.24) is 9.38 Å². The molecule has 0 bridgehead atoms. The first kappa shape index (κ1) is 16.3. The van der Waals surface area contributed by atoms with E-state index < -0.39 is 0 Å². The third kappa shape index (κ3) is 2.95. The topological polar surface area (TPSA) is 55.6 Å². The van der Waals surface area contributed by atoms with Crippen LogP contribution in [-0.2, 0) is 6.42 Å². The minimum atomic E-state index is -0.247. The number of carbonyl (C=O) groups excluding carboxylic acids is 1. The largest absolute Gasteiger partial charge is 0.495 e. The fraction of sp³-hybridized carbons (Fsp3) is 0.222. The Bertz CT molecular complexity index is 918. The average molecular weight is 344 g/mol. The van der Waals surface area contributed by atoms with Crippen LogP contribution in [0.25, 0.3) is 5.65 Å². The molecule has 0 aliphatic heterocycles. The fourth-order valence-electron chi connectivity index (χ4n) is 2.64. The number of benzene rings is 1. The molecule has 0 unspecified atom stereocenters. The minimum absolute atomic E-state index is 0.247. The highest BCUT2D eigenvalue weighted by Gasteiger charge is 2.19. The first-order valence-electron chi connectivity index (χ1n) is 7.66. The third-order valence-corrected chi connectivity index (χ3v) is 4.05. The lowest BCUT2D eigenvalue weighted by atomic mass is 10.2. The van der Waals surface area contributed by atoms with E-state index in [1.165, 1.54) is 0 Å². The number of halogens is 1. The number of pyridine rings is 1. The van der Waals surface area contributed by atoms with E-state index in [4.69, 9.17) is 16.3 Å². The van der Waals surface area contributed by atoms with Crippen molar-refractivity contribution in [3.05, 3.63) is 58.5 Å². The molecule has 2 aromatic heterocycles. The van der Waals surface area contributed by atoms with Gasteiger partial charge in [0.25, 0.3) is 5.91 Å². The summed E-state index contributed by atoms with van der Waals surface area (Å²) in [7, 11) is 1.55. The van der Waals surface area contributed by atoms with E-state index in [0.717, 1.165) is 16.9 Å². The van der Waals surface area contributed by atoms with Crippen LogP contribution >= 0.6 is 11.6 Å². The number of nitrogens with one attached hydrogen (secondary N) is 1. The number of methoxy groups -OCH3 is 1. The first-order chi connectivity index (χ1) is 11.5. The Morgan fingerprint density at radius 3 is 2.83 bits per heavy atom. The summed E-state index contributed by atoms with van der Waals surface area (Å²) in [6, 6.07) is 9.00. The van der Waals surface area contributed by atoms with Gasteiger partial charge < -0.3 is 10.1 Å². The summed E-state index contributed by atoms with van der Waals surface area (Å²) in [5.74, 6) is 0.305. The summed E-state index contributed by atoms with van der Waals surface area (Å²) in [4.78, 5) is 17.4. The van der Waals surface area contributed by atoms with Crippen LogP contribution < -0.4 is 10.1 Å². The zero-order chi connectivity index (χ0) is 17.3. The Labute approximate surface area is 145 Å². The summed E-state index contributed by atoms with van der Waals surface area (Å²) in [5, 5.41) is 3.40. The summed E-state index contributed by atoms with van der Waals surface area (Å²) in [6.07, 6.45) is 2.52. The number of anilines is 1. The van der Waals surface area contributed by atoms with Gasteiger partial charge in [0, 0.05) is 11.2 Å². The summed E-state index contributed by atoms with van der Waals surface area (Å²) in [6.45, 7) is 3.97. The molecule has 5 nitrogen and oxygen atoms in total. The van der Waals surface area contributed by atoms with Crippen LogP contribution in [0.3, 0.4) is 0 Å². The van der Waals surface area contributed by atoms with Crippen molar-refractivity contribution < 1.29 is 9.53 Å². The predicted octanol–water partition coefficient (Wildman–Crippen LogP) is 4.12. The molecule has 0 fully saturated rings. The number of fused-ring (bicyclic) bond motifs is 1. The maximum atomic E-state index is 12.9. The number of rotatable bonds is 4. The molecule has 3 rings (SSSR count). The second kappa shape index (κ2) is 6.53. The predicted molar refractivity (Wildman–Crippen MR) is 95.3 cm³/mol. The van der Waals surface area contributed by atoms with Crippen molar-refractivity contribution in [2.75, 3.05) is 12.4 Å². The van der Waals surface area contributed by atoms with Crippen molar-refractivity contribution in [1.29, 1.82) is 0 Å². The SMILES string of the molecule is CCc1nc2cc(C)ccn2c1C(=O)Nc1cc(Cl)ccc1OC. The molecule has 0 saturated carbocycles. The van der Waals surface area contributed by atoms with E-state index in [1.54, 1.807) is 29.7 Å². The van der Waals surface area contributed by atoms with Crippen LogP contribution in [0.4, 0.5) is 5.69 Å². The number of ether oxygens (including phenoxy) is 1. The number of imidazole rings is 1. The monoisotopic (exact) mass is 343 g/mol. The Hall–Kier alpha value is -2.53. The molecule has 0 aliphatic carbocycles. The molecule has 24 heavy (non-hydrogen) atoms. The van der Waals surface area contributed by atoms with Gasteiger partial charge in [-0.15, -0.1) is 0 Å². The van der Waals surface area contributed by atoms with E-state index in [0.29, 0.717) is 28.6 Å². The molecule has 0 atom stereocenters. The van der Waals surface area contributed by atoms with Crippen molar-refractivity contribution in [3.63, 3.8) is 0 Å². The number of hydrogen-bond donors (Lipinski definition) is 1. The van der Waals surface area contributed by atoms with Crippen LogP contribution in [0.5, 0.6) is 5.75 Å². The summed E-state index contributed by atoms with van der Waals surface area (Å²) in [5.41, 5.74) is 3.65. The van der Waals surface area contributed by atoms with E-state index in [1.807, 2.05) is 32.2 Å². The Morgan fingerprint density at radius 2 is 2.12 bits per heavy atom. The quantitative estimate of drug-likeness (QED) is 0.775. The van der Waals surface area contributed by atoms with Crippen LogP contribution in [0, 0.1) is 6.92 Å². The Kier molecular flexibility index (Phi) is 4.44. The number of aryl methyl sites for hydroxylation is 2. The van der Waals surface area contributed by atoms with Crippen molar-refractivity contribution in [2.24, 2.45) is 0 Å². The lowest BCUT2D eigenvalue weighted by Crippen LogP contribution is -2.16. The van der Waals surface area contributed by atoms with Gasteiger partial charge in [0.1, 0.15) is 17.1 Å². The van der Waals surface area contributed by atoms with Crippen molar-refractivity contribution >= 4 is 28.8 Å². The smallest absolute Gasteiger partial charge is 0.274 e. The van der Waals surface area contributed by atoms with Gasteiger partial charge in [-0.3, -0.25) is 9.20 Å². The molecule has 124 valence electrons. The second-order valence-electron chi connectivity index (χ2n) is 5.49. The second-order valence-corrected chi connectivity index (χ2v) is 5.93. The maximum Gasteiger partial charge on any atom is 0.274 e. The number of carbonyl (C=O) groups is 1. The van der Waals surface area contributed by atoms with Crippen LogP contribution in [-0.4, -0.2) is 22.4 Å². The fourth-order valence-corrected chi connectivity index (χ4v) is 2.81. The molecule has 0 spiro atoms. The van der Waals surface area contributed by atoms with Crippen LogP contribution in [0.1, 0.15) is 28.7 Å². The zero-order valence-corrected chi connectivity index (χ0v) is 14.5. The molecule has 0 radical (unpaired) electrons. The molecule has 1 amide bonds. The number of aromatic nitrogens is 2. The van der Waals surface area contributed by atoms with E-state index in [-0.39, 0.29) is 5.91 Å². The molecule has 1 N–H and O–H groups in total. The molecule has 1 aromatic carbocycles. The standard InChI is InChI=1S/C18H18ClN3O2/c1-4-13-17(22-8-7-11(2)9-16(22)20-13)18(23)21-14-10-12(19)5-6-15(14)24-3/h5-10H,4H2,1-3H3,(H,21,23). The van der Waals surface area contributed by atoms with Crippen molar-refractivity contribution in [3.8, 4) is 5.75 Å². The van der Waals surface area contributed by atoms with Gasteiger partial charge in [-0.25, -0.2) is 4.98 Å². The van der Waals surface area contributed by atoms with Gasteiger partial charge in [0.2, 0.25) is 0 Å². The third-order valence-electron chi connectivity index (χ3n) is 3.81. The van der Waals surface area contributed by atoms with Crippen molar-refractivity contribution in [2.45, 2.75) is 20.3 Å². The molecule has 3 aromatic rings. The van der Waals surface area contributed by atoms with Gasteiger partial charge in [0.15, 0.2) is 0 Å². The van der Waals surface area contributed by atoms with Gasteiger partial charge in [-0.1, -0.05) is 18.5 Å². The molecular weight excluding hydrogens is 326 g/mol. The first-order valence-corrected chi connectivity index (χ1v) is 8.03. The van der Waals surface area contributed by atoms with Crippen LogP contribution in [0.15, 0.2) is 36.5 Å². The maximum absolute atomic E-state index is 12.9. The van der Waals surface area contributed by atoms with E-state index in [2.05, 4.69) is 10.3 Å². The van der Waals surface area contributed by atoms with Gasteiger partial charge in [0.05, 0.1) is 18.5 Å². The molecule has 6 heteroatoms. The molecule has 0 saturated heterocycles. The van der Waals surface area contributed by atoms with E-state index in [9.17, 15) is 4.79 Å².